The molecule has 15 heavy (non-hydrogen) atoms. The van der Waals surface area contributed by atoms with Gasteiger partial charge in [0.1, 0.15) is 0 Å². The molecule has 88 valence electrons. The van der Waals surface area contributed by atoms with E-state index in [9.17, 15) is 4.79 Å². The van der Waals surface area contributed by atoms with Crippen molar-refractivity contribution in [1.29, 1.82) is 0 Å². The number of methoxy groups -OCH3 is 1. The van der Waals surface area contributed by atoms with Crippen LogP contribution in [0.3, 0.4) is 0 Å². The lowest BCUT2D eigenvalue weighted by Crippen LogP contribution is -2.25. The van der Waals surface area contributed by atoms with E-state index in [0.717, 1.165) is 12.5 Å². The van der Waals surface area contributed by atoms with Crippen LogP contribution in [0.15, 0.2) is 0 Å². The third-order valence-corrected chi connectivity index (χ3v) is 3.19. The van der Waals surface area contributed by atoms with E-state index in [0.29, 0.717) is 6.54 Å². The maximum atomic E-state index is 10.8. The topological polar surface area (TPSA) is 38.3 Å². The lowest BCUT2D eigenvalue weighted by atomic mass is 9.86. The van der Waals surface area contributed by atoms with Crippen molar-refractivity contribution < 1.29 is 9.53 Å². The highest BCUT2D eigenvalue weighted by Gasteiger charge is 2.12. The highest BCUT2D eigenvalue weighted by molar-refractivity contribution is 5.71. The zero-order valence-corrected chi connectivity index (χ0v) is 9.76. The number of carbonyl (C=O) groups excluding carboxylic acids is 1. The normalized spacial score (nSPS) is 17.7. The van der Waals surface area contributed by atoms with Gasteiger partial charge >= 0.3 is 5.97 Å². The summed E-state index contributed by atoms with van der Waals surface area (Å²) in [4.78, 5) is 10.8. The van der Waals surface area contributed by atoms with Crippen molar-refractivity contribution >= 4 is 5.97 Å². The minimum absolute atomic E-state index is 0.173. The van der Waals surface area contributed by atoms with Crippen molar-refractivity contribution in [3.05, 3.63) is 0 Å². The first-order valence-corrected chi connectivity index (χ1v) is 6.10. The number of hydrogen-bond donors (Lipinski definition) is 1. The summed E-state index contributed by atoms with van der Waals surface area (Å²) in [5.74, 6) is 0.770. The molecule has 0 aromatic rings. The van der Waals surface area contributed by atoms with Gasteiger partial charge in [0, 0.05) is 0 Å². The zero-order chi connectivity index (χ0) is 10.9. The molecule has 0 saturated heterocycles. The van der Waals surface area contributed by atoms with Crippen molar-refractivity contribution in [1.82, 2.24) is 5.32 Å². The van der Waals surface area contributed by atoms with E-state index in [2.05, 4.69) is 10.1 Å². The summed E-state index contributed by atoms with van der Waals surface area (Å²) in [6.45, 7) is 1.28. The molecule has 0 atom stereocenters. The quantitative estimate of drug-likeness (QED) is 0.542. The van der Waals surface area contributed by atoms with E-state index < -0.39 is 0 Å². The van der Waals surface area contributed by atoms with E-state index in [1.54, 1.807) is 0 Å². The largest absolute Gasteiger partial charge is 0.468 e. The summed E-state index contributed by atoms with van der Waals surface area (Å²) in [5, 5.41) is 3.10. The smallest absolute Gasteiger partial charge is 0.319 e. The molecule has 1 saturated carbocycles. The Kier molecular flexibility index (Phi) is 6.41. The first-order valence-electron chi connectivity index (χ1n) is 6.10. The minimum Gasteiger partial charge on any atom is -0.468 e. The van der Waals surface area contributed by atoms with E-state index in [1.807, 2.05) is 0 Å². The molecular formula is C12H23NO2. The van der Waals surface area contributed by atoms with Crippen molar-refractivity contribution in [3.63, 3.8) is 0 Å². The van der Waals surface area contributed by atoms with Crippen molar-refractivity contribution in [2.75, 3.05) is 20.2 Å². The molecular weight excluding hydrogens is 190 g/mol. The van der Waals surface area contributed by atoms with Crippen LogP contribution >= 0.6 is 0 Å². The van der Waals surface area contributed by atoms with Crippen LogP contribution < -0.4 is 5.32 Å². The Hall–Kier alpha value is -0.570. The summed E-state index contributed by atoms with van der Waals surface area (Å²) >= 11 is 0. The molecule has 1 aliphatic carbocycles. The summed E-state index contributed by atoms with van der Waals surface area (Å²) in [5.41, 5.74) is 0. The third-order valence-electron chi connectivity index (χ3n) is 3.19. The number of rotatable bonds is 6. The van der Waals surface area contributed by atoms with Gasteiger partial charge in [0.15, 0.2) is 0 Å². The summed E-state index contributed by atoms with van der Waals surface area (Å²) in [7, 11) is 1.42. The second-order valence-electron chi connectivity index (χ2n) is 4.40. The molecule has 0 aromatic carbocycles. The molecule has 0 spiro atoms. The molecule has 0 heterocycles. The van der Waals surface area contributed by atoms with E-state index in [4.69, 9.17) is 0 Å². The fourth-order valence-electron chi connectivity index (χ4n) is 2.25. The highest BCUT2D eigenvalue weighted by Crippen LogP contribution is 2.26. The summed E-state index contributed by atoms with van der Waals surface area (Å²) < 4.78 is 4.55. The first kappa shape index (κ1) is 12.5. The van der Waals surface area contributed by atoms with Crippen LogP contribution in [-0.2, 0) is 9.53 Å². The molecule has 0 amide bonds. The maximum Gasteiger partial charge on any atom is 0.319 e. The molecule has 0 unspecified atom stereocenters. The van der Waals surface area contributed by atoms with Gasteiger partial charge in [0.05, 0.1) is 13.7 Å². The number of ether oxygens (including phenoxy) is 1. The molecule has 1 aliphatic rings. The summed E-state index contributed by atoms with van der Waals surface area (Å²) in [6.07, 6.45) is 9.58. The van der Waals surface area contributed by atoms with Crippen LogP contribution in [0, 0.1) is 5.92 Å². The van der Waals surface area contributed by atoms with Crippen molar-refractivity contribution in [2.45, 2.75) is 44.9 Å². The minimum atomic E-state index is -0.173. The standard InChI is InChI=1S/C12H23NO2/c1-15-12(14)10-13-9-5-8-11-6-3-2-4-7-11/h11,13H,2-10H2,1H3. The predicted octanol–water partition coefficient (Wildman–Crippen LogP) is 2.11. The van der Waals surface area contributed by atoms with E-state index in [-0.39, 0.29) is 5.97 Å². The average Bonchev–Trinajstić information content (AvgIpc) is 2.29. The van der Waals surface area contributed by atoms with Crippen LogP contribution in [0.4, 0.5) is 0 Å². The van der Waals surface area contributed by atoms with Gasteiger partial charge in [-0.05, 0) is 25.3 Å². The van der Waals surface area contributed by atoms with Crippen LogP contribution in [0.25, 0.3) is 0 Å². The molecule has 0 aliphatic heterocycles. The van der Waals surface area contributed by atoms with Crippen molar-refractivity contribution in [3.8, 4) is 0 Å². The van der Waals surface area contributed by atoms with Crippen LogP contribution in [0.1, 0.15) is 44.9 Å². The Labute approximate surface area is 92.6 Å². The van der Waals surface area contributed by atoms with Crippen LogP contribution in [-0.4, -0.2) is 26.2 Å². The van der Waals surface area contributed by atoms with Crippen molar-refractivity contribution in [2.24, 2.45) is 5.92 Å². The molecule has 3 heteroatoms. The Morgan fingerprint density at radius 2 is 2.07 bits per heavy atom. The van der Waals surface area contributed by atoms with Crippen LogP contribution in [0.2, 0.25) is 0 Å². The van der Waals surface area contributed by atoms with Gasteiger partial charge in [-0.25, -0.2) is 0 Å². The molecule has 1 N–H and O–H groups in total. The second-order valence-corrected chi connectivity index (χ2v) is 4.40. The maximum absolute atomic E-state index is 10.8. The van der Waals surface area contributed by atoms with Gasteiger partial charge in [0.25, 0.3) is 0 Å². The zero-order valence-electron chi connectivity index (χ0n) is 9.76. The number of nitrogens with one attached hydrogen (secondary N) is 1. The Balaban J connectivity index is 1.89. The van der Waals surface area contributed by atoms with Gasteiger partial charge in [-0.2, -0.15) is 0 Å². The lowest BCUT2D eigenvalue weighted by Gasteiger charge is -2.21. The molecule has 0 bridgehead atoms. The number of hydrogen-bond acceptors (Lipinski definition) is 3. The first-order chi connectivity index (χ1) is 7.33. The summed E-state index contributed by atoms with van der Waals surface area (Å²) in [6, 6.07) is 0. The molecule has 0 radical (unpaired) electrons. The Morgan fingerprint density at radius 1 is 1.33 bits per heavy atom. The fraction of sp³-hybridized carbons (Fsp3) is 0.917. The average molecular weight is 213 g/mol. The van der Waals surface area contributed by atoms with Gasteiger partial charge < -0.3 is 10.1 Å². The van der Waals surface area contributed by atoms with E-state index >= 15 is 0 Å². The second kappa shape index (κ2) is 7.69. The number of esters is 1. The predicted molar refractivity (Wildman–Crippen MR) is 60.7 cm³/mol. The SMILES string of the molecule is COC(=O)CNCCCC1CCCCC1. The van der Waals surface area contributed by atoms with Gasteiger partial charge in [-0.3, -0.25) is 4.79 Å². The van der Waals surface area contributed by atoms with Gasteiger partial charge in [-0.15, -0.1) is 0 Å². The molecule has 3 nitrogen and oxygen atoms in total. The molecule has 1 fully saturated rings. The Morgan fingerprint density at radius 3 is 2.73 bits per heavy atom. The lowest BCUT2D eigenvalue weighted by molar-refractivity contribution is -0.139. The fourth-order valence-corrected chi connectivity index (χ4v) is 2.25. The number of carbonyl (C=O) groups is 1. The monoisotopic (exact) mass is 213 g/mol. The van der Waals surface area contributed by atoms with Crippen LogP contribution in [0.5, 0.6) is 0 Å². The van der Waals surface area contributed by atoms with Gasteiger partial charge in [-0.1, -0.05) is 32.1 Å². The highest BCUT2D eigenvalue weighted by atomic mass is 16.5. The van der Waals surface area contributed by atoms with Gasteiger partial charge in [0.2, 0.25) is 0 Å². The molecule has 1 rings (SSSR count). The Bertz CT molecular complexity index is 176. The van der Waals surface area contributed by atoms with E-state index in [1.165, 1.54) is 52.1 Å². The molecule has 0 aromatic heterocycles. The third kappa shape index (κ3) is 5.78.